The van der Waals surface area contributed by atoms with E-state index in [2.05, 4.69) is 46.2 Å². The van der Waals surface area contributed by atoms with Gasteiger partial charge in [0.05, 0.1) is 22.6 Å². The number of nitrogens with zero attached hydrogens (tertiary/aromatic N) is 3. The number of ether oxygens (including phenoxy) is 1. The van der Waals surface area contributed by atoms with Crippen LogP contribution in [0.5, 0.6) is 0 Å². The lowest BCUT2D eigenvalue weighted by Gasteiger charge is -2.24. The van der Waals surface area contributed by atoms with Crippen molar-refractivity contribution < 1.29 is 9.13 Å². The molecule has 3 aromatic heterocycles. The van der Waals surface area contributed by atoms with Gasteiger partial charge in [-0.2, -0.15) is 0 Å². The summed E-state index contributed by atoms with van der Waals surface area (Å²) in [6, 6.07) is 19.2. The fraction of sp³-hybridized carbons (Fsp3) is 0.267. The van der Waals surface area contributed by atoms with Crippen LogP contribution in [0, 0.1) is 19.7 Å². The third-order valence-electron chi connectivity index (χ3n) is 7.02. The van der Waals surface area contributed by atoms with Crippen molar-refractivity contribution in [2.75, 3.05) is 11.9 Å². The first-order valence-corrected chi connectivity index (χ1v) is 12.8. The van der Waals surface area contributed by atoms with Crippen LogP contribution in [0.2, 0.25) is 0 Å². The van der Waals surface area contributed by atoms with E-state index >= 15 is 0 Å². The molecule has 0 amide bonds. The molecule has 2 N–H and O–H groups in total. The Labute approximate surface area is 215 Å². The number of rotatable bonds is 6. The zero-order valence-corrected chi connectivity index (χ0v) is 21.1. The van der Waals surface area contributed by atoms with Gasteiger partial charge in [-0.1, -0.05) is 30.3 Å². The van der Waals surface area contributed by atoms with Crippen molar-refractivity contribution in [1.29, 1.82) is 0 Å². The number of pyridine rings is 1. The quantitative estimate of drug-likeness (QED) is 0.262. The molecule has 1 saturated heterocycles. The highest BCUT2D eigenvalue weighted by Crippen LogP contribution is 2.36. The van der Waals surface area contributed by atoms with Crippen molar-refractivity contribution in [2.45, 2.75) is 45.9 Å². The number of aromatic amines is 1. The van der Waals surface area contributed by atoms with Gasteiger partial charge in [0.2, 0.25) is 5.95 Å². The molecular weight excluding hydrogens is 465 g/mol. The Hall–Kier alpha value is -3.97. The molecule has 1 fully saturated rings. The van der Waals surface area contributed by atoms with Crippen LogP contribution in [-0.4, -0.2) is 26.1 Å². The van der Waals surface area contributed by atoms with Crippen LogP contribution >= 0.6 is 0 Å². The Morgan fingerprint density at radius 1 is 1.05 bits per heavy atom. The van der Waals surface area contributed by atoms with Crippen molar-refractivity contribution >= 4 is 16.9 Å². The van der Waals surface area contributed by atoms with Crippen LogP contribution in [0.3, 0.4) is 0 Å². The van der Waals surface area contributed by atoms with Gasteiger partial charge in [0, 0.05) is 41.6 Å². The van der Waals surface area contributed by atoms with E-state index < -0.39 is 0 Å². The zero-order valence-electron chi connectivity index (χ0n) is 21.1. The fourth-order valence-corrected chi connectivity index (χ4v) is 5.11. The summed E-state index contributed by atoms with van der Waals surface area (Å²) in [4.78, 5) is 13.0. The van der Waals surface area contributed by atoms with Gasteiger partial charge >= 0.3 is 0 Å². The second-order valence-electron chi connectivity index (χ2n) is 9.69. The summed E-state index contributed by atoms with van der Waals surface area (Å²) in [5.74, 6) is 0.330. The predicted octanol–water partition coefficient (Wildman–Crippen LogP) is 7.16. The molecule has 6 nitrogen and oxygen atoms in total. The molecule has 2 aromatic carbocycles. The number of hydrogen-bond donors (Lipinski definition) is 2. The number of H-pyrrole nitrogens is 1. The fourth-order valence-electron chi connectivity index (χ4n) is 5.11. The molecule has 6 rings (SSSR count). The van der Waals surface area contributed by atoms with E-state index in [9.17, 15) is 4.39 Å². The van der Waals surface area contributed by atoms with Crippen LogP contribution < -0.4 is 5.32 Å². The van der Waals surface area contributed by atoms with Gasteiger partial charge in [-0.25, -0.2) is 9.37 Å². The minimum atomic E-state index is -0.241. The molecule has 37 heavy (non-hydrogen) atoms. The number of aryl methyl sites for hydroxylation is 2. The monoisotopic (exact) mass is 495 g/mol. The van der Waals surface area contributed by atoms with Gasteiger partial charge in [-0.15, -0.1) is 0 Å². The van der Waals surface area contributed by atoms with Gasteiger partial charge in [0.25, 0.3) is 0 Å². The third kappa shape index (κ3) is 4.62. The summed E-state index contributed by atoms with van der Waals surface area (Å²) in [6.45, 7) is 5.25. The minimum absolute atomic E-state index is 0.0856. The van der Waals surface area contributed by atoms with E-state index in [1.807, 2.05) is 31.2 Å². The maximum Gasteiger partial charge on any atom is 0.201 e. The SMILES string of the molecule is Cc1cccc(-c2[nH]c(NCc3ccccc3F)nc2-c2ccc3c(c2)c(C)cn3C2CCCCO2)n1. The summed E-state index contributed by atoms with van der Waals surface area (Å²) in [5, 5.41) is 4.44. The Morgan fingerprint density at radius 2 is 1.95 bits per heavy atom. The largest absolute Gasteiger partial charge is 0.358 e. The lowest BCUT2D eigenvalue weighted by molar-refractivity contribution is -0.0292. The van der Waals surface area contributed by atoms with Gasteiger partial charge in [0.15, 0.2) is 0 Å². The molecule has 5 aromatic rings. The lowest BCUT2D eigenvalue weighted by atomic mass is 10.0. The first-order chi connectivity index (χ1) is 18.1. The maximum absolute atomic E-state index is 14.2. The Bertz CT molecular complexity index is 1560. The van der Waals surface area contributed by atoms with Crippen LogP contribution in [0.4, 0.5) is 10.3 Å². The van der Waals surface area contributed by atoms with E-state index in [1.165, 1.54) is 23.4 Å². The molecule has 1 atom stereocenters. The highest BCUT2D eigenvalue weighted by atomic mass is 19.1. The third-order valence-corrected chi connectivity index (χ3v) is 7.02. The molecule has 0 aliphatic carbocycles. The summed E-state index contributed by atoms with van der Waals surface area (Å²) in [7, 11) is 0. The predicted molar refractivity (Wildman–Crippen MR) is 145 cm³/mol. The molecule has 1 unspecified atom stereocenters. The van der Waals surface area contributed by atoms with Gasteiger partial charge in [-0.05, 0) is 69.0 Å². The van der Waals surface area contributed by atoms with Gasteiger partial charge < -0.3 is 19.6 Å². The van der Waals surface area contributed by atoms with E-state index in [0.29, 0.717) is 18.1 Å². The number of nitrogens with one attached hydrogen (secondary N) is 2. The number of anilines is 1. The molecule has 1 aliphatic heterocycles. The number of benzene rings is 2. The topological polar surface area (TPSA) is 67.8 Å². The Kier molecular flexibility index (Phi) is 6.22. The standard InChI is InChI=1S/C30H30FN5O/c1-19-18-36(27-12-5-6-15-37-27)26-14-13-21(16-23(19)26)28-29(25-11-7-8-20(2)33-25)35-30(34-28)32-17-22-9-3-4-10-24(22)31/h3-4,7-11,13-14,16,18,27H,5-6,12,15,17H2,1-2H3,(H2,32,34,35). The molecule has 0 radical (unpaired) electrons. The number of hydrogen-bond acceptors (Lipinski definition) is 4. The zero-order chi connectivity index (χ0) is 25.4. The smallest absolute Gasteiger partial charge is 0.201 e. The summed E-state index contributed by atoms with van der Waals surface area (Å²) >= 11 is 0. The van der Waals surface area contributed by atoms with Gasteiger partial charge in [-0.3, -0.25) is 4.98 Å². The highest BCUT2D eigenvalue weighted by molar-refractivity contribution is 5.90. The number of halogens is 1. The maximum atomic E-state index is 14.2. The number of aromatic nitrogens is 4. The summed E-state index contributed by atoms with van der Waals surface area (Å²) in [6.07, 6.45) is 5.62. The summed E-state index contributed by atoms with van der Waals surface area (Å²) < 4.78 is 22.5. The van der Waals surface area contributed by atoms with Crippen molar-refractivity contribution in [2.24, 2.45) is 0 Å². The second kappa shape index (κ2) is 9.82. The van der Waals surface area contributed by atoms with Crippen molar-refractivity contribution in [3.8, 4) is 22.6 Å². The van der Waals surface area contributed by atoms with E-state index in [-0.39, 0.29) is 12.0 Å². The Morgan fingerprint density at radius 3 is 2.76 bits per heavy atom. The van der Waals surface area contributed by atoms with Crippen molar-refractivity contribution in [1.82, 2.24) is 19.5 Å². The van der Waals surface area contributed by atoms with E-state index in [0.717, 1.165) is 53.3 Å². The van der Waals surface area contributed by atoms with Crippen LogP contribution in [0.15, 0.2) is 66.9 Å². The van der Waals surface area contributed by atoms with Crippen LogP contribution in [-0.2, 0) is 11.3 Å². The minimum Gasteiger partial charge on any atom is -0.358 e. The second-order valence-corrected chi connectivity index (χ2v) is 9.69. The van der Waals surface area contributed by atoms with Crippen LogP contribution in [0.1, 0.15) is 42.3 Å². The Balaban J connectivity index is 1.40. The molecule has 4 heterocycles. The van der Waals surface area contributed by atoms with E-state index in [4.69, 9.17) is 14.7 Å². The average molecular weight is 496 g/mol. The highest BCUT2D eigenvalue weighted by Gasteiger charge is 2.21. The van der Waals surface area contributed by atoms with E-state index in [1.54, 1.807) is 12.1 Å². The van der Waals surface area contributed by atoms with Gasteiger partial charge in [0.1, 0.15) is 12.0 Å². The molecule has 0 spiro atoms. The number of fused-ring (bicyclic) bond motifs is 1. The van der Waals surface area contributed by atoms with Crippen molar-refractivity contribution in [3.63, 3.8) is 0 Å². The average Bonchev–Trinajstić information content (AvgIpc) is 3.50. The normalized spacial score (nSPS) is 15.8. The molecule has 188 valence electrons. The first kappa shape index (κ1) is 23.4. The lowest BCUT2D eigenvalue weighted by Crippen LogP contribution is -2.17. The first-order valence-electron chi connectivity index (χ1n) is 12.8. The van der Waals surface area contributed by atoms with Crippen LogP contribution in [0.25, 0.3) is 33.5 Å². The molecule has 0 saturated carbocycles. The molecule has 1 aliphatic rings. The summed E-state index contributed by atoms with van der Waals surface area (Å²) in [5.41, 5.74) is 7.31. The molecule has 7 heteroatoms. The van der Waals surface area contributed by atoms with Crippen molar-refractivity contribution in [3.05, 3.63) is 89.5 Å². The molecule has 0 bridgehead atoms. The number of imidazole rings is 1. The molecular formula is C30H30FN5O.